The third kappa shape index (κ3) is 3.92. The highest BCUT2D eigenvalue weighted by Crippen LogP contribution is 2.38. The molecule has 142 valence electrons. The van der Waals surface area contributed by atoms with Crippen molar-refractivity contribution in [2.45, 2.75) is 50.7 Å². The van der Waals surface area contributed by atoms with Crippen LogP contribution in [0.4, 0.5) is 0 Å². The zero-order chi connectivity index (χ0) is 17.8. The Morgan fingerprint density at radius 3 is 2.69 bits per heavy atom. The van der Waals surface area contributed by atoms with Crippen LogP contribution in [0, 0.1) is 5.41 Å². The van der Waals surface area contributed by atoms with E-state index in [1.165, 1.54) is 12.8 Å². The molecule has 1 aromatic rings. The number of carbonyl (C=O) groups is 1. The van der Waals surface area contributed by atoms with Gasteiger partial charge in [0.05, 0.1) is 6.04 Å². The normalized spacial score (nSPS) is 26.1. The van der Waals surface area contributed by atoms with E-state index in [0.29, 0.717) is 18.0 Å². The van der Waals surface area contributed by atoms with E-state index in [1.807, 2.05) is 12.3 Å². The lowest BCUT2D eigenvalue weighted by atomic mass is 9.77. The molecule has 1 amide bonds. The second-order valence-corrected chi connectivity index (χ2v) is 8.20. The highest BCUT2D eigenvalue weighted by Gasteiger charge is 2.44. The molecule has 3 aliphatic rings. The van der Waals surface area contributed by atoms with Crippen molar-refractivity contribution in [1.82, 2.24) is 25.8 Å². The summed E-state index contributed by atoms with van der Waals surface area (Å²) in [6, 6.07) is 4.33. The van der Waals surface area contributed by atoms with E-state index < -0.39 is 0 Å². The van der Waals surface area contributed by atoms with Crippen LogP contribution in [0.15, 0.2) is 24.5 Å². The number of hydrogen-bond acceptors (Lipinski definition) is 5. The lowest BCUT2D eigenvalue weighted by Crippen LogP contribution is -2.51. The molecule has 0 bridgehead atoms. The molecule has 6 nitrogen and oxygen atoms in total. The topological polar surface area (TPSA) is 69.3 Å². The summed E-state index contributed by atoms with van der Waals surface area (Å²) < 4.78 is 0. The maximum Gasteiger partial charge on any atom is 0.240 e. The van der Waals surface area contributed by atoms with E-state index in [2.05, 4.69) is 31.9 Å². The SMILES string of the molecule is O=C([C@H]1CC2(CCNCC2)CN1)N(Cc1cccnc1)C1CCNCC1. The predicted molar refractivity (Wildman–Crippen MR) is 102 cm³/mol. The van der Waals surface area contributed by atoms with Gasteiger partial charge in [-0.15, -0.1) is 0 Å². The van der Waals surface area contributed by atoms with Crippen LogP contribution in [0.2, 0.25) is 0 Å². The van der Waals surface area contributed by atoms with E-state index in [0.717, 1.165) is 57.5 Å². The Kier molecular flexibility index (Phi) is 5.52. The number of piperidine rings is 2. The Labute approximate surface area is 156 Å². The maximum absolute atomic E-state index is 13.5. The van der Waals surface area contributed by atoms with Crippen LogP contribution in [0.3, 0.4) is 0 Å². The summed E-state index contributed by atoms with van der Waals surface area (Å²) in [5.74, 6) is 0.288. The number of aromatic nitrogens is 1. The predicted octanol–water partition coefficient (Wildman–Crippen LogP) is 0.894. The second-order valence-electron chi connectivity index (χ2n) is 8.20. The molecule has 1 atom stereocenters. The van der Waals surface area contributed by atoms with Crippen LogP contribution < -0.4 is 16.0 Å². The van der Waals surface area contributed by atoms with Gasteiger partial charge in [-0.3, -0.25) is 9.78 Å². The van der Waals surface area contributed by atoms with Gasteiger partial charge in [-0.1, -0.05) is 6.07 Å². The van der Waals surface area contributed by atoms with Crippen molar-refractivity contribution in [2.24, 2.45) is 5.41 Å². The highest BCUT2D eigenvalue weighted by molar-refractivity contribution is 5.82. The van der Waals surface area contributed by atoms with Gasteiger partial charge in [0.1, 0.15) is 0 Å². The number of amides is 1. The molecule has 3 saturated heterocycles. The summed E-state index contributed by atoms with van der Waals surface area (Å²) >= 11 is 0. The fourth-order valence-corrected chi connectivity index (χ4v) is 4.82. The summed E-state index contributed by atoms with van der Waals surface area (Å²) in [6.07, 6.45) is 9.10. The van der Waals surface area contributed by atoms with Crippen LogP contribution >= 0.6 is 0 Å². The molecule has 0 aromatic carbocycles. The first-order chi connectivity index (χ1) is 12.8. The third-order valence-electron chi connectivity index (χ3n) is 6.43. The van der Waals surface area contributed by atoms with Gasteiger partial charge >= 0.3 is 0 Å². The Balaban J connectivity index is 1.48. The maximum atomic E-state index is 13.5. The number of rotatable bonds is 4. The molecule has 0 unspecified atom stereocenters. The van der Waals surface area contributed by atoms with E-state index in [4.69, 9.17) is 0 Å². The molecule has 0 saturated carbocycles. The first-order valence-electron chi connectivity index (χ1n) is 10.1. The molecule has 3 N–H and O–H groups in total. The fraction of sp³-hybridized carbons (Fsp3) is 0.700. The quantitative estimate of drug-likeness (QED) is 0.747. The third-order valence-corrected chi connectivity index (χ3v) is 6.43. The van der Waals surface area contributed by atoms with E-state index in [9.17, 15) is 4.79 Å². The van der Waals surface area contributed by atoms with Crippen LogP contribution in [0.25, 0.3) is 0 Å². The van der Waals surface area contributed by atoms with Gasteiger partial charge in [-0.25, -0.2) is 0 Å². The van der Waals surface area contributed by atoms with E-state index in [1.54, 1.807) is 6.20 Å². The van der Waals surface area contributed by atoms with Crippen molar-refractivity contribution in [1.29, 1.82) is 0 Å². The minimum atomic E-state index is -0.0281. The number of nitrogens with one attached hydrogen (secondary N) is 3. The average molecular weight is 358 g/mol. The molecule has 3 fully saturated rings. The van der Waals surface area contributed by atoms with Crippen molar-refractivity contribution in [3.05, 3.63) is 30.1 Å². The van der Waals surface area contributed by atoms with Crippen molar-refractivity contribution in [2.75, 3.05) is 32.7 Å². The largest absolute Gasteiger partial charge is 0.334 e. The first kappa shape index (κ1) is 17.9. The molecular weight excluding hydrogens is 326 g/mol. The summed E-state index contributed by atoms with van der Waals surface area (Å²) in [6.45, 7) is 5.80. The highest BCUT2D eigenvalue weighted by atomic mass is 16.2. The number of pyridine rings is 1. The molecule has 6 heteroatoms. The van der Waals surface area contributed by atoms with Gasteiger partial charge in [0.2, 0.25) is 5.91 Å². The van der Waals surface area contributed by atoms with Gasteiger partial charge in [0.25, 0.3) is 0 Å². The Hall–Kier alpha value is -1.50. The zero-order valence-corrected chi connectivity index (χ0v) is 15.5. The van der Waals surface area contributed by atoms with Gasteiger partial charge in [-0.05, 0) is 75.3 Å². The van der Waals surface area contributed by atoms with Gasteiger partial charge in [0, 0.05) is 31.5 Å². The molecule has 1 aromatic heterocycles. The lowest BCUT2D eigenvalue weighted by molar-refractivity contribution is -0.137. The molecule has 0 radical (unpaired) electrons. The molecule has 0 aliphatic carbocycles. The summed E-state index contributed by atoms with van der Waals surface area (Å²) in [4.78, 5) is 19.9. The Morgan fingerprint density at radius 2 is 1.96 bits per heavy atom. The summed E-state index contributed by atoms with van der Waals surface area (Å²) in [7, 11) is 0. The average Bonchev–Trinajstić information content (AvgIpc) is 3.11. The van der Waals surface area contributed by atoms with Crippen LogP contribution in [-0.4, -0.2) is 60.6 Å². The summed E-state index contributed by atoms with van der Waals surface area (Å²) in [5, 5.41) is 10.4. The zero-order valence-electron chi connectivity index (χ0n) is 15.5. The molecule has 26 heavy (non-hydrogen) atoms. The van der Waals surface area contributed by atoms with Crippen molar-refractivity contribution in [3.8, 4) is 0 Å². The Bertz CT molecular complexity index is 595. The summed E-state index contributed by atoms with van der Waals surface area (Å²) in [5.41, 5.74) is 1.44. The van der Waals surface area contributed by atoms with Crippen molar-refractivity contribution < 1.29 is 4.79 Å². The van der Waals surface area contributed by atoms with Gasteiger partial charge in [0.15, 0.2) is 0 Å². The van der Waals surface area contributed by atoms with Crippen LogP contribution in [-0.2, 0) is 11.3 Å². The van der Waals surface area contributed by atoms with E-state index >= 15 is 0 Å². The lowest BCUT2D eigenvalue weighted by Gasteiger charge is -2.37. The number of carbonyl (C=O) groups excluding carboxylic acids is 1. The molecule has 4 heterocycles. The van der Waals surface area contributed by atoms with Gasteiger partial charge in [-0.2, -0.15) is 0 Å². The molecule has 4 rings (SSSR count). The second kappa shape index (κ2) is 8.03. The minimum absolute atomic E-state index is 0.0281. The van der Waals surface area contributed by atoms with Crippen molar-refractivity contribution >= 4 is 5.91 Å². The number of hydrogen-bond donors (Lipinski definition) is 3. The molecular formula is C20H31N5O. The minimum Gasteiger partial charge on any atom is -0.334 e. The first-order valence-corrected chi connectivity index (χ1v) is 10.1. The molecule has 1 spiro atoms. The Morgan fingerprint density at radius 1 is 1.19 bits per heavy atom. The molecule has 3 aliphatic heterocycles. The van der Waals surface area contributed by atoms with Crippen LogP contribution in [0.5, 0.6) is 0 Å². The van der Waals surface area contributed by atoms with Gasteiger partial charge < -0.3 is 20.9 Å². The smallest absolute Gasteiger partial charge is 0.240 e. The monoisotopic (exact) mass is 357 g/mol. The van der Waals surface area contributed by atoms with E-state index in [-0.39, 0.29) is 11.9 Å². The van der Waals surface area contributed by atoms with Crippen LogP contribution in [0.1, 0.15) is 37.7 Å². The standard InChI is InChI=1S/C20H31N5O/c26-19(18-12-20(15-24-18)5-10-22-11-6-20)25(17-3-8-21-9-4-17)14-16-2-1-7-23-13-16/h1-2,7,13,17-18,21-22,24H,3-6,8-12,14-15H2/t18-/m1/s1. The fourth-order valence-electron chi connectivity index (χ4n) is 4.82. The number of nitrogens with zero attached hydrogens (tertiary/aromatic N) is 2. The van der Waals surface area contributed by atoms with Crippen molar-refractivity contribution in [3.63, 3.8) is 0 Å².